The van der Waals surface area contributed by atoms with Crippen molar-refractivity contribution in [2.75, 3.05) is 11.5 Å². The van der Waals surface area contributed by atoms with E-state index >= 15 is 0 Å². The monoisotopic (exact) mass is 286 g/mol. The van der Waals surface area contributed by atoms with Crippen LogP contribution in [0.2, 0.25) is 0 Å². The molecule has 4 N–H and O–H groups in total. The van der Waals surface area contributed by atoms with Gasteiger partial charge in [0.15, 0.2) is 0 Å². The minimum atomic E-state index is 0.108. The van der Waals surface area contributed by atoms with Crippen molar-refractivity contribution in [2.24, 2.45) is 10.2 Å². The number of rotatable bonds is 6. The third-order valence-electron chi connectivity index (χ3n) is 2.87. The molecule has 2 heterocycles. The van der Waals surface area contributed by atoms with Crippen LogP contribution in [0.5, 0.6) is 0 Å². The van der Waals surface area contributed by atoms with Crippen LogP contribution in [-0.2, 0) is 6.42 Å². The van der Waals surface area contributed by atoms with Crippen LogP contribution in [0.1, 0.15) is 31.7 Å². The van der Waals surface area contributed by atoms with Gasteiger partial charge in [0.2, 0.25) is 0 Å². The highest BCUT2D eigenvalue weighted by atomic mass is 15.3. The number of nitrogens with two attached hydrogens (primary N) is 2. The smallest absolute Gasteiger partial charge is 0.272 e. The van der Waals surface area contributed by atoms with Crippen LogP contribution in [0, 0.1) is 0 Å². The number of nitrogen functional groups attached to an aromatic ring is 2. The van der Waals surface area contributed by atoms with E-state index in [2.05, 4.69) is 37.1 Å². The molecule has 0 saturated heterocycles. The highest BCUT2D eigenvalue weighted by molar-refractivity contribution is 5.55. The van der Waals surface area contributed by atoms with Gasteiger partial charge in [0.05, 0.1) is 0 Å². The SMILES string of the molecule is CCCCCc1c(N)nc(N=Nc2ncccn2)nc1N. The molecular formula is C13H18N8. The first-order valence-electron chi connectivity index (χ1n) is 6.81. The number of hydrogen-bond acceptors (Lipinski definition) is 8. The summed E-state index contributed by atoms with van der Waals surface area (Å²) in [7, 11) is 0. The van der Waals surface area contributed by atoms with Crippen LogP contribution in [0.15, 0.2) is 28.7 Å². The second-order valence-electron chi connectivity index (χ2n) is 4.48. The molecule has 2 aromatic heterocycles. The van der Waals surface area contributed by atoms with E-state index in [4.69, 9.17) is 11.5 Å². The molecule has 0 unspecified atom stereocenters. The molecule has 0 aliphatic rings. The lowest BCUT2D eigenvalue weighted by Gasteiger charge is -2.07. The Kier molecular flexibility index (Phi) is 5.08. The minimum absolute atomic E-state index is 0.108. The molecule has 2 aromatic rings. The Balaban J connectivity index is 2.14. The van der Waals surface area contributed by atoms with E-state index in [1.165, 1.54) is 0 Å². The Morgan fingerprint density at radius 1 is 0.952 bits per heavy atom. The summed E-state index contributed by atoms with van der Waals surface area (Å²) < 4.78 is 0. The van der Waals surface area contributed by atoms with Crippen LogP contribution in [0.3, 0.4) is 0 Å². The van der Waals surface area contributed by atoms with Crippen molar-refractivity contribution < 1.29 is 0 Å². The number of nitrogens with zero attached hydrogens (tertiary/aromatic N) is 6. The molecular weight excluding hydrogens is 268 g/mol. The minimum Gasteiger partial charge on any atom is -0.383 e. The summed E-state index contributed by atoms with van der Waals surface area (Å²) in [4.78, 5) is 16.0. The zero-order valence-electron chi connectivity index (χ0n) is 11.9. The summed E-state index contributed by atoms with van der Waals surface area (Å²) in [5, 5.41) is 7.68. The maximum Gasteiger partial charge on any atom is 0.272 e. The van der Waals surface area contributed by atoms with E-state index in [1.807, 2.05) is 0 Å². The van der Waals surface area contributed by atoms with Crippen LogP contribution in [-0.4, -0.2) is 19.9 Å². The molecule has 0 bridgehead atoms. The molecule has 8 heteroatoms. The average Bonchev–Trinajstić information content (AvgIpc) is 2.49. The number of azo groups is 1. The average molecular weight is 286 g/mol. The van der Waals surface area contributed by atoms with E-state index in [-0.39, 0.29) is 11.9 Å². The van der Waals surface area contributed by atoms with E-state index < -0.39 is 0 Å². The predicted octanol–water partition coefficient (Wildman–Crippen LogP) is 2.58. The summed E-state index contributed by atoms with van der Waals surface area (Å²) >= 11 is 0. The van der Waals surface area contributed by atoms with Crippen molar-refractivity contribution in [3.63, 3.8) is 0 Å². The summed E-state index contributed by atoms with van der Waals surface area (Å²) in [5.41, 5.74) is 12.6. The third-order valence-corrected chi connectivity index (χ3v) is 2.87. The lowest BCUT2D eigenvalue weighted by atomic mass is 10.1. The highest BCUT2D eigenvalue weighted by Crippen LogP contribution is 2.22. The van der Waals surface area contributed by atoms with Gasteiger partial charge in [0, 0.05) is 18.0 Å². The quantitative estimate of drug-likeness (QED) is 0.620. The van der Waals surface area contributed by atoms with Gasteiger partial charge in [-0.05, 0) is 18.9 Å². The van der Waals surface area contributed by atoms with Crippen molar-refractivity contribution in [2.45, 2.75) is 32.6 Å². The zero-order valence-corrected chi connectivity index (χ0v) is 11.9. The lowest BCUT2D eigenvalue weighted by molar-refractivity contribution is 0.716. The molecule has 0 aliphatic carbocycles. The van der Waals surface area contributed by atoms with Crippen molar-refractivity contribution in [1.29, 1.82) is 0 Å². The Bertz CT molecular complexity index is 588. The van der Waals surface area contributed by atoms with Crippen LogP contribution >= 0.6 is 0 Å². The fourth-order valence-corrected chi connectivity index (χ4v) is 1.79. The van der Waals surface area contributed by atoms with E-state index in [0.717, 1.165) is 31.2 Å². The molecule has 0 spiro atoms. The first-order chi connectivity index (χ1) is 10.2. The molecule has 0 aromatic carbocycles. The highest BCUT2D eigenvalue weighted by Gasteiger charge is 2.09. The van der Waals surface area contributed by atoms with Gasteiger partial charge in [0.25, 0.3) is 11.9 Å². The summed E-state index contributed by atoms with van der Waals surface area (Å²) in [6.45, 7) is 2.14. The molecule has 0 fully saturated rings. The van der Waals surface area contributed by atoms with Crippen molar-refractivity contribution in [3.8, 4) is 0 Å². The predicted molar refractivity (Wildman–Crippen MR) is 80.3 cm³/mol. The van der Waals surface area contributed by atoms with Gasteiger partial charge in [-0.15, -0.1) is 10.2 Å². The Morgan fingerprint density at radius 3 is 2.19 bits per heavy atom. The Labute approximate surface area is 122 Å². The van der Waals surface area contributed by atoms with Crippen LogP contribution < -0.4 is 11.5 Å². The largest absolute Gasteiger partial charge is 0.383 e. The molecule has 0 aliphatic heterocycles. The number of hydrogen-bond donors (Lipinski definition) is 2. The van der Waals surface area contributed by atoms with Gasteiger partial charge in [-0.25, -0.2) is 9.97 Å². The molecule has 2 rings (SSSR count). The summed E-state index contributed by atoms with van der Waals surface area (Å²) in [6, 6.07) is 1.69. The Morgan fingerprint density at radius 2 is 1.57 bits per heavy atom. The van der Waals surface area contributed by atoms with Crippen LogP contribution in [0.4, 0.5) is 23.5 Å². The van der Waals surface area contributed by atoms with E-state index in [9.17, 15) is 0 Å². The summed E-state index contributed by atoms with van der Waals surface area (Å²) in [5.74, 6) is 1.03. The standard InChI is InChI=1S/C13H18N8/c1-2-3-4-6-9-10(14)18-13(19-11(9)15)21-20-12-16-7-5-8-17-12/h5,7-8H,2-4,6H2,1H3,(H4,14,15,18,19). The molecule has 0 saturated carbocycles. The van der Waals surface area contributed by atoms with Crippen molar-refractivity contribution in [1.82, 2.24) is 19.9 Å². The van der Waals surface area contributed by atoms with Gasteiger partial charge in [-0.2, -0.15) is 9.97 Å². The lowest BCUT2D eigenvalue weighted by Crippen LogP contribution is -2.05. The molecule has 110 valence electrons. The fraction of sp³-hybridized carbons (Fsp3) is 0.385. The van der Waals surface area contributed by atoms with Gasteiger partial charge in [-0.3, -0.25) is 0 Å². The van der Waals surface area contributed by atoms with Gasteiger partial charge in [-0.1, -0.05) is 19.8 Å². The molecule has 0 atom stereocenters. The first-order valence-corrected chi connectivity index (χ1v) is 6.81. The topological polar surface area (TPSA) is 128 Å². The maximum atomic E-state index is 5.91. The Hall–Kier alpha value is -2.64. The zero-order chi connectivity index (χ0) is 15.1. The molecule has 21 heavy (non-hydrogen) atoms. The number of aromatic nitrogens is 4. The van der Waals surface area contributed by atoms with Crippen molar-refractivity contribution in [3.05, 3.63) is 24.0 Å². The molecule has 0 amide bonds. The third kappa shape index (κ3) is 4.16. The van der Waals surface area contributed by atoms with Gasteiger partial charge < -0.3 is 11.5 Å². The van der Waals surface area contributed by atoms with Crippen molar-refractivity contribution >= 4 is 23.5 Å². The van der Waals surface area contributed by atoms with Gasteiger partial charge in [0.1, 0.15) is 11.6 Å². The molecule has 0 radical (unpaired) electrons. The maximum absolute atomic E-state index is 5.91. The normalized spacial score (nSPS) is 11.1. The first kappa shape index (κ1) is 14.8. The van der Waals surface area contributed by atoms with Gasteiger partial charge >= 0.3 is 0 Å². The number of anilines is 2. The molecule has 8 nitrogen and oxygen atoms in total. The summed E-state index contributed by atoms with van der Waals surface area (Å²) in [6.07, 6.45) is 7.16. The number of unbranched alkanes of at least 4 members (excludes halogenated alkanes) is 2. The second kappa shape index (κ2) is 7.22. The van der Waals surface area contributed by atoms with Crippen LogP contribution in [0.25, 0.3) is 0 Å². The fourth-order valence-electron chi connectivity index (χ4n) is 1.79. The van der Waals surface area contributed by atoms with E-state index in [0.29, 0.717) is 11.6 Å². The van der Waals surface area contributed by atoms with E-state index in [1.54, 1.807) is 18.5 Å². The second-order valence-corrected chi connectivity index (χ2v) is 4.48.